The first-order chi connectivity index (χ1) is 9.70. The molecule has 100 valence electrons. The van der Waals surface area contributed by atoms with E-state index in [9.17, 15) is 4.79 Å². The summed E-state index contributed by atoms with van der Waals surface area (Å²) in [5, 5.41) is 0.584. The lowest BCUT2D eigenvalue weighted by Crippen LogP contribution is -2.07. The number of carbonyl (C=O) groups excluding carboxylic acids is 1. The molecular formula is C17H13ClO2. The highest BCUT2D eigenvalue weighted by molar-refractivity contribution is 6.48. The fraction of sp³-hybridized carbons (Fsp3) is 0. The van der Waals surface area contributed by atoms with Gasteiger partial charge >= 0.3 is 5.97 Å². The van der Waals surface area contributed by atoms with Crippen molar-refractivity contribution in [2.24, 2.45) is 0 Å². The number of esters is 1. The Hall–Kier alpha value is -2.32. The van der Waals surface area contributed by atoms with Gasteiger partial charge < -0.3 is 4.74 Å². The molecule has 3 heteroatoms. The Morgan fingerprint density at radius 3 is 2.25 bits per heavy atom. The number of benzene rings is 2. The molecule has 0 saturated carbocycles. The first-order valence-electron chi connectivity index (χ1n) is 6.06. The van der Waals surface area contributed by atoms with Crippen molar-refractivity contribution in [3.63, 3.8) is 0 Å². The summed E-state index contributed by atoms with van der Waals surface area (Å²) in [6, 6.07) is 15.8. The van der Waals surface area contributed by atoms with E-state index in [0.29, 0.717) is 16.3 Å². The first-order valence-corrected chi connectivity index (χ1v) is 6.44. The maximum Gasteiger partial charge on any atom is 0.343 e. The van der Waals surface area contributed by atoms with Crippen LogP contribution in [0, 0.1) is 0 Å². The molecule has 0 aliphatic heterocycles. The summed E-state index contributed by atoms with van der Waals surface area (Å²) in [6.45, 7) is 3.59. The van der Waals surface area contributed by atoms with E-state index in [1.807, 2.05) is 6.07 Å². The number of allylic oxidation sites excluding steroid dienone is 2. The van der Waals surface area contributed by atoms with Crippen molar-refractivity contribution in [3.05, 3.63) is 84.5 Å². The van der Waals surface area contributed by atoms with Gasteiger partial charge in [-0.15, -0.1) is 0 Å². The highest BCUT2D eigenvalue weighted by Crippen LogP contribution is 2.22. The van der Waals surface area contributed by atoms with E-state index in [-0.39, 0.29) is 5.97 Å². The monoisotopic (exact) mass is 284 g/mol. The largest absolute Gasteiger partial charge is 0.423 e. The zero-order valence-corrected chi connectivity index (χ0v) is 11.5. The van der Waals surface area contributed by atoms with Crippen molar-refractivity contribution in [3.8, 4) is 5.75 Å². The predicted molar refractivity (Wildman–Crippen MR) is 81.9 cm³/mol. The third kappa shape index (κ3) is 3.59. The number of carbonyl (C=O) groups is 1. The minimum absolute atomic E-state index is 0.383. The second kappa shape index (κ2) is 6.73. The Morgan fingerprint density at radius 2 is 1.65 bits per heavy atom. The third-order valence-corrected chi connectivity index (χ3v) is 2.96. The predicted octanol–water partition coefficient (Wildman–Crippen LogP) is 4.67. The Labute approximate surface area is 123 Å². The maximum atomic E-state index is 11.9. The van der Waals surface area contributed by atoms with Crippen molar-refractivity contribution >= 4 is 22.6 Å². The van der Waals surface area contributed by atoms with Crippen molar-refractivity contribution in [1.82, 2.24) is 0 Å². The van der Waals surface area contributed by atoms with Gasteiger partial charge in [0, 0.05) is 5.03 Å². The van der Waals surface area contributed by atoms with Gasteiger partial charge in [0.05, 0.1) is 5.56 Å². The molecule has 0 atom stereocenters. The Morgan fingerprint density at radius 1 is 1.00 bits per heavy atom. The number of ether oxygens (including phenoxy) is 1. The highest BCUT2D eigenvalue weighted by Gasteiger charge is 2.07. The van der Waals surface area contributed by atoms with Crippen LogP contribution in [0.2, 0.25) is 0 Å². The SMILES string of the molecule is C=C/C=C(\Cl)c1ccc(OC(=O)c2ccccc2)cc1. The molecule has 0 saturated heterocycles. The third-order valence-electron chi connectivity index (χ3n) is 2.61. The van der Waals surface area contributed by atoms with Crippen LogP contribution >= 0.6 is 11.6 Å². The van der Waals surface area contributed by atoms with Crippen LogP contribution in [-0.2, 0) is 0 Å². The molecule has 0 unspecified atom stereocenters. The first kappa shape index (κ1) is 14.1. The summed E-state index contributed by atoms with van der Waals surface area (Å²) in [5.74, 6) is 0.0942. The lowest BCUT2D eigenvalue weighted by Gasteiger charge is -2.05. The van der Waals surface area contributed by atoms with E-state index in [2.05, 4.69) is 6.58 Å². The van der Waals surface area contributed by atoms with Gasteiger partial charge in [0.2, 0.25) is 0 Å². The number of rotatable bonds is 4. The Balaban J connectivity index is 2.10. The molecule has 0 amide bonds. The van der Waals surface area contributed by atoms with Crippen LogP contribution in [0.5, 0.6) is 5.75 Å². The highest BCUT2D eigenvalue weighted by atomic mass is 35.5. The van der Waals surface area contributed by atoms with Crippen molar-refractivity contribution < 1.29 is 9.53 Å². The minimum Gasteiger partial charge on any atom is -0.423 e. The van der Waals surface area contributed by atoms with E-state index >= 15 is 0 Å². The van der Waals surface area contributed by atoms with Crippen LogP contribution in [0.25, 0.3) is 5.03 Å². The minimum atomic E-state index is -0.383. The lowest BCUT2D eigenvalue weighted by molar-refractivity contribution is 0.0735. The standard InChI is InChI=1S/C17H13ClO2/c1-2-6-16(18)13-9-11-15(12-10-13)20-17(19)14-7-4-3-5-8-14/h2-12H,1H2/b16-6-. The summed E-state index contributed by atoms with van der Waals surface area (Å²) in [6.07, 6.45) is 3.32. The van der Waals surface area contributed by atoms with Crippen LogP contribution in [0.3, 0.4) is 0 Å². The molecule has 0 aliphatic rings. The van der Waals surface area contributed by atoms with E-state index < -0.39 is 0 Å². The second-order valence-corrected chi connectivity index (χ2v) is 4.44. The van der Waals surface area contributed by atoms with Gasteiger partial charge in [0.1, 0.15) is 5.75 Å². The van der Waals surface area contributed by atoms with Gasteiger partial charge in [-0.1, -0.05) is 42.5 Å². The quantitative estimate of drug-likeness (QED) is 0.463. The van der Waals surface area contributed by atoms with E-state index in [4.69, 9.17) is 16.3 Å². The van der Waals surface area contributed by atoms with Gasteiger partial charge in [-0.25, -0.2) is 4.79 Å². The van der Waals surface area contributed by atoms with Crippen LogP contribution in [0.4, 0.5) is 0 Å². The molecule has 0 spiro atoms. The fourth-order valence-corrected chi connectivity index (χ4v) is 1.84. The van der Waals surface area contributed by atoms with Crippen LogP contribution in [-0.4, -0.2) is 5.97 Å². The average molecular weight is 285 g/mol. The topological polar surface area (TPSA) is 26.3 Å². The fourth-order valence-electron chi connectivity index (χ4n) is 1.62. The number of halogens is 1. The van der Waals surface area contributed by atoms with E-state index in [0.717, 1.165) is 5.56 Å². The Bertz CT molecular complexity index is 628. The van der Waals surface area contributed by atoms with Crippen LogP contribution in [0.1, 0.15) is 15.9 Å². The second-order valence-electron chi connectivity index (χ2n) is 4.03. The molecule has 2 nitrogen and oxygen atoms in total. The zero-order chi connectivity index (χ0) is 14.4. The van der Waals surface area contributed by atoms with Crippen LogP contribution in [0.15, 0.2) is 73.3 Å². The zero-order valence-electron chi connectivity index (χ0n) is 10.8. The molecule has 0 bridgehead atoms. The summed E-state index contributed by atoms with van der Waals surface area (Å²) < 4.78 is 5.27. The molecule has 0 aromatic heterocycles. The molecule has 2 aromatic carbocycles. The smallest absolute Gasteiger partial charge is 0.343 e. The van der Waals surface area contributed by atoms with E-state index in [1.165, 1.54) is 0 Å². The van der Waals surface area contributed by atoms with Crippen molar-refractivity contribution in [2.45, 2.75) is 0 Å². The molecule has 2 rings (SSSR count). The molecule has 0 fully saturated rings. The average Bonchev–Trinajstić information content (AvgIpc) is 2.49. The van der Waals surface area contributed by atoms with Gasteiger partial charge in [-0.05, 0) is 48.0 Å². The summed E-state index contributed by atoms with van der Waals surface area (Å²) in [5.41, 5.74) is 1.35. The van der Waals surface area contributed by atoms with Crippen LogP contribution < -0.4 is 4.74 Å². The molecule has 20 heavy (non-hydrogen) atoms. The number of hydrogen-bond acceptors (Lipinski definition) is 2. The van der Waals surface area contributed by atoms with Gasteiger partial charge in [0.25, 0.3) is 0 Å². The molecule has 0 radical (unpaired) electrons. The molecule has 0 heterocycles. The van der Waals surface area contributed by atoms with Gasteiger partial charge in [-0.3, -0.25) is 0 Å². The summed E-state index contributed by atoms with van der Waals surface area (Å²) in [4.78, 5) is 11.9. The maximum absolute atomic E-state index is 11.9. The van der Waals surface area contributed by atoms with Gasteiger partial charge in [-0.2, -0.15) is 0 Å². The molecule has 2 aromatic rings. The lowest BCUT2D eigenvalue weighted by atomic mass is 10.2. The van der Waals surface area contributed by atoms with Gasteiger partial charge in [0.15, 0.2) is 0 Å². The molecular weight excluding hydrogens is 272 g/mol. The van der Waals surface area contributed by atoms with Crippen molar-refractivity contribution in [2.75, 3.05) is 0 Å². The Kier molecular flexibility index (Phi) is 4.75. The van der Waals surface area contributed by atoms with Crippen molar-refractivity contribution in [1.29, 1.82) is 0 Å². The normalized spacial score (nSPS) is 10.9. The summed E-state index contributed by atoms with van der Waals surface area (Å²) in [7, 11) is 0. The van der Waals surface area contributed by atoms with E-state index in [1.54, 1.807) is 60.7 Å². The number of hydrogen-bond donors (Lipinski definition) is 0. The molecule has 0 N–H and O–H groups in total. The molecule has 0 aliphatic carbocycles. The summed E-state index contributed by atoms with van der Waals surface area (Å²) >= 11 is 6.04.